The maximum atomic E-state index is 13.6. The fraction of sp³-hybridized carbons (Fsp3) is 0.0769. The van der Waals surface area contributed by atoms with Crippen LogP contribution >= 0.6 is 11.6 Å². The highest BCUT2D eigenvalue weighted by atomic mass is 35.5. The summed E-state index contributed by atoms with van der Waals surface area (Å²) in [4.78, 5) is 0. The standard InChI is InChI=1S/C13H10ClF2N/c14-10-2-1-3-11(16)12(10)13(17)8-4-6-9(15)7-5-8/h1-7,13H,17H2. The first-order chi connectivity index (χ1) is 8.09. The van der Waals surface area contributed by atoms with Crippen molar-refractivity contribution in [2.45, 2.75) is 6.04 Å². The van der Waals surface area contributed by atoms with Crippen molar-refractivity contribution < 1.29 is 8.78 Å². The fourth-order valence-electron chi connectivity index (χ4n) is 1.64. The first-order valence-corrected chi connectivity index (χ1v) is 5.42. The van der Waals surface area contributed by atoms with Crippen LogP contribution in [0.4, 0.5) is 8.78 Å². The van der Waals surface area contributed by atoms with Crippen LogP contribution in [0.25, 0.3) is 0 Å². The number of halogens is 3. The van der Waals surface area contributed by atoms with Crippen LogP contribution in [0.1, 0.15) is 17.2 Å². The molecule has 4 heteroatoms. The molecule has 1 nitrogen and oxygen atoms in total. The summed E-state index contributed by atoms with van der Waals surface area (Å²) in [6, 6.07) is 9.27. The largest absolute Gasteiger partial charge is 0.320 e. The van der Waals surface area contributed by atoms with E-state index in [1.54, 1.807) is 6.07 Å². The zero-order valence-electron chi connectivity index (χ0n) is 8.83. The van der Waals surface area contributed by atoms with Gasteiger partial charge in [-0.3, -0.25) is 0 Å². The normalized spacial score (nSPS) is 12.5. The molecule has 0 aromatic heterocycles. The zero-order chi connectivity index (χ0) is 12.4. The van der Waals surface area contributed by atoms with Crippen LogP contribution < -0.4 is 5.73 Å². The molecule has 1 atom stereocenters. The van der Waals surface area contributed by atoms with Crippen molar-refractivity contribution in [2.75, 3.05) is 0 Å². The van der Waals surface area contributed by atoms with Crippen LogP contribution in [0.2, 0.25) is 5.02 Å². The highest BCUT2D eigenvalue weighted by Crippen LogP contribution is 2.28. The lowest BCUT2D eigenvalue weighted by Gasteiger charge is -2.14. The first kappa shape index (κ1) is 12.0. The third-order valence-electron chi connectivity index (χ3n) is 2.54. The Bertz CT molecular complexity index is 505. The van der Waals surface area contributed by atoms with Crippen molar-refractivity contribution in [1.82, 2.24) is 0 Å². The lowest BCUT2D eigenvalue weighted by atomic mass is 9.99. The van der Waals surface area contributed by atoms with Crippen LogP contribution in [0.3, 0.4) is 0 Å². The van der Waals surface area contributed by atoms with Gasteiger partial charge in [0.25, 0.3) is 0 Å². The topological polar surface area (TPSA) is 26.0 Å². The number of hydrogen-bond donors (Lipinski definition) is 1. The average molecular weight is 254 g/mol. The Morgan fingerprint density at radius 1 is 1.00 bits per heavy atom. The quantitative estimate of drug-likeness (QED) is 0.868. The van der Waals surface area contributed by atoms with Crippen molar-refractivity contribution in [3.63, 3.8) is 0 Å². The van der Waals surface area contributed by atoms with Gasteiger partial charge in [-0.2, -0.15) is 0 Å². The van der Waals surface area contributed by atoms with Gasteiger partial charge in [-0.05, 0) is 29.8 Å². The summed E-state index contributed by atoms with van der Waals surface area (Å²) in [5.41, 5.74) is 6.75. The summed E-state index contributed by atoms with van der Waals surface area (Å²) in [5, 5.41) is 0.266. The molecule has 0 amide bonds. The monoisotopic (exact) mass is 253 g/mol. The van der Waals surface area contributed by atoms with E-state index < -0.39 is 11.9 Å². The molecule has 2 aromatic carbocycles. The second kappa shape index (κ2) is 4.82. The Morgan fingerprint density at radius 3 is 2.24 bits per heavy atom. The van der Waals surface area contributed by atoms with E-state index in [1.807, 2.05) is 0 Å². The summed E-state index contributed by atoms with van der Waals surface area (Å²) in [7, 11) is 0. The summed E-state index contributed by atoms with van der Waals surface area (Å²) in [6.45, 7) is 0. The molecule has 0 aliphatic carbocycles. The Balaban J connectivity index is 2.43. The van der Waals surface area contributed by atoms with E-state index in [9.17, 15) is 8.78 Å². The van der Waals surface area contributed by atoms with Crippen LogP contribution in [0.15, 0.2) is 42.5 Å². The van der Waals surface area contributed by atoms with Crippen molar-refractivity contribution in [3.05, 3.63) is 70.2 Å². The van der Waals surface area contributed by atoms with Gasteiger partial charge in [0.2, 0.25) is 0 Å². The molecule has 0 aliphatic rings. The maximum absolute atomic E-state index is 13.6. The number of benzene rings is 2. The molecule has 0 spiro atoms. The highest BCUT2D eigenvalue weighted by Gasteiger charge is 2.16. The van der Waals surface area contributed by atoms with Gasteiger partial charge in [0.15, 0.2) is 0 Å². The molecule has 1 unspecified atom stereocenters. The Labute approximate surface area is 103 Å². The number of rotatable bonds is 2. The number of hydrogen-bond acceptors (Lipinski definition) is 1. The maximum Gasteiger partial charge on any atom is 0.129 e. The molecular weight excluding hydrogens is 244 g/mol. The van der Waals surface area contributed by atoms with Gasteiger partial charge in [-0.25, -0.2) is 8.78 Å². The van der Waals surface area contributed by atoms with E-state index in [2.05, 4.69) is 0 Å². The van der Waals surface area contributed by atoms with Gasteiger partial charge in [-0.1, -0.05) is 29.8 Å². The van der Waals surface area contributed by atoms with Crippen molar-refractivity contribution in [3.8, 4) is 0 Å². The van der Waals surface area contributed by atoms with E-state index in [4.69, 9.17) is 17.3 Å². The molecule has 0 radical (unpaired) electrons. The molecule has 2 N–H and O–H groups in total. The molecule has 2 rings (SSSR count). The van der Waals surface area contributed by atoms with Gasteiger partial charge in [0.05, 0.1) is 6.04 Å². The summed E-state index contributed by atoms with van der Waals surface area (Å²) < 4.78 is 26.4. The van der Waals surface area contributed by atoms with E-state index in [-0.39, 0.29) is 16.4 Å². The molecule has 0 saturated heterocycles. The van der Waals surface area contributed by atoms with Gasteiger partial charge >= 0.3 is 0 Å². The Hall–Kier alpha value is -1.45. The second-order valence-corrected chi connectivity index (χ2v) is 4.07. The lowest BCUT2D eigenvalue weighted by Crippen LogP contribution is -2.14. The zero-order valence-corrected chi connectivity index (χ0v) is 9.59. The van der Waals surface area contributed by atoms with Gasteiger partial charge in [0.1, 0.15) is 11.6 Å². The molecule has 2 aromatic rings. The molecule has 17 heavy (non-hydrogen) atoms. The third-order valence-corrected chi connectivity index (χ3v) is 2.87. The molecule has 0 bridgehead atoms. The molecule has 0 aliphatic heterocycles. The molecule has 88 valence electrons. The minimum atomic E-state index is -0.704. The molecular formula is C13H10ClF2N. The average Bonchev–Trinajstić information content (AvgIpc) is 2.29. The van der Waals surface area contributed by atoms with Crippen LogP contribution in [0, 0.1) is 11.6 Å². The Kier molecular flexibility index (Phi) is 3.41. The predicted molar refractivity (Wildman–Crippen MR) is 63.8 cm³/mol. The van der Waals surface area contributed by atoms with E-state index >= 15 is 0 Å². The smallest absolute Gasteiger partial charge is 0.129 e. The van der Waals surface area contributed by atoms with Gasteiger partial charge in [0, 0.05) is 10.6 Å². The second-order valence-electron chi connectivity index (χ2n) is 3.66. The summed E-state index contributed by atoms with van der Waals surface area (Å²) in [6.07, 6.45) is 0. The van der Waals surface area contributed by atoms with Gasteiger partial charge < -0.3 is 5.73 Å². The van der Waals surface area contributed by atoms with E-state index in [0.29, 0.717) is 5.56 Å². The van der Waals surface area contributed by atoms with Crippen molar-refractivity contribution >= 4 is 11.6 Å². The van der Waals surface area contributed by atoms with E-state index in [0.717, 1.165) is 0 Å². The third kappa shape index (κ3) is 2.46. The van der Waals surface area contributed by atoms with Gasteiger partial charge in [-0.15, -0.1) is 0 Å². The minimum absolute atomic E-state index is 0.223. The predicted octanol–water partition coefficient (Wildman–Crippen LogP) is 3.67. The SMILES string of the molecule is NC(c1ccc(F)cc1)c1c(F)cccc1Cl. The van der Waals surface area contributed by atoms with Crippen LogP contribution in [-0.2, 0) is 0 Å². The van der Waals surface area contributed by atoms with Crippen molar-refractivity contribution in [1.29, 1.82) is 0 Å². The van der Waals surface area contributed by atoms with Crippen LogP contribution in [-0.4, -0.2) is 0 Å². The highest BCUT2D eigenvalue weighted by molar-refractivity contribution is 6.31. The first-order valence-electron chi connectivity index (χ1n) is 5.04. The molecule has 0 saturated carbocycles. The van der Waals surface area contributed by atoms with Crippen LogP contribution in [0.5, 0.6) is 0 Å². The summed E-state index contributed by atoms with van der Waals surface area (Å²) >= 11 is 5.91. The number of nitrogens with two attached hydrogens (primary N) is 1. The Morgan fingerprint density at radius 2 is 1.65 bits per heavy atom. The fourth-order valence-corrected chi connectivity index (χ4v) is 1.93. The van der Waals surface area contributed by atoms with E-state index in [1.165, 1.54) is 36.4 Å². The molecule has 0 heterocycles. The van der Waals surface area contributed by atoms with Crippen molar-refractivity contribution in [2.24, 2.45) is 5.73 Å². The lowest BCUT2D eigenvalue weighted by molar-refractivity contribution is 0.598. The molecule has 0 fully saturated rings. The summed E-state index contributed by atoms with van der Waals surface area (Å²) in [5.74, 6) is -0.824. The minimum Gasteiger partial charge on any atom is -0.320 e.